The first-order valence-corrected chi connectivity index (χ1v) is 9.27. The van der Waals surface area contributed by atoms with Gasteiger partial charge in [-0.2, -0.15) is 14.6 Å². The summed E-state index contributed by atoms with van der Waals surface area (Å²) < 4.78 is 1.76. The normalized spacial score (nSPS) is 11.0. The van der Waals surface area contributed by atoms with Gasteiger partial charge < -0.3 is 10.2 Å². The molecule has 25 heavy (non-hydrogen) atoms. The molecular formula is C18H30N6O. The van der Waals surface area contributed by atoms with E-state index in [9.17, 15) is 4.79 Å². The van der Waals surface area contributed by atoms with Gasteiger partial charge in [-0.15, -0.1) is 0 Å². The first-order valence-electron chi connectivity index (χ1n) is 9.27. The average molecular weight is 346 g/mol. The molecule has 7 heteroatoms. The topological polar surface area (TPSA) is 75.4 Å². The molecule has 0 bridgehead atoms. The number of aromatic nitrogens is 4. The van der Waals surface area contributed by atoms with E-state index in [4.69, 9.17) is 0 Å². The predicted octanol–water partition coefficient (Wildman–Crippen LogP) is 2.84. The third-order valence-electron chi connectivity index (χ3n) is 4.48. The first kappa shape index (κ1) is 19.1. The summed E-state index contributed by atoms with van der Waals surface area (Å²) in [5, 5.41) is 7.44. The van der Waals surface area contributed by atoms with E-state index in [-0.39, 0.29) is 5.91 Å². The van der Waals surface area contributed by atoms with Gasteiger partial charge in [0, 0.05) is 32.1 Å². The Morgan fingerprint density at radius 3 is 2.56 bits per heavy atom. The highest BCUT2D eigenvalue weighted by Crippen LogP contribution is 2.16. The quantitative estimate of drug-likeness (QED) is 0.670. The van der Waals surface area contributed by atoms with Crippen LogP contribution in [0, 0.1) is 6.92 Å². The number of nitrogens with one attached hydrogen (secondary N) is 1. The standard InChI is InChI=1S/C18H30N6O/c1-5-23(6-2)16(25)12-10-8-7-9-11-15-13-20-24-17(15)21-14(3)22-18(24)19-4/h13H,5-12H2,1-4H3,(H,19,21,22). The predicted molar refractivity (Wildman–Crippen MR) is 99.8 cm³/mol. The summed E-state index contributed by atoms with van der Waals surface area (Å²) in [7, 11) is 1.84. The van der Waals surface area contributed by atoms with E-state index in [1.807, 2.05) is 38.9 Å². The Hall–Kier alpha value is -2.18. The zero-order valence-electron chi connectivity index (χ0n) is 15.9. The second-order valence-electron chi connectivity index (χ2n) is 6.23. The van der Waals surface area contributed by atoms with E-state index in [1.54, 1.807) is 4.52 Å². The van der Waals surface area contributed by atoms with Crippen molar-refractivity contribution in [3.8, 4) is 0 Å². The smallest absolute Gasteiger partial charge is 0.227 e. The molecule has 0 aliphatic rings. The molecule has 0 fully saturated rings. The van der Waals surface area contributed by atoms with Gasteiger partial charge in [0.25, 0.3) is 0 Å². The lowest BCUT2D eigenvalue weighted by Gasteiger charge is -2.18. The van der Waals surface area contributed by atoms with Crippen LogP contribution in [0.5, 0.6) is 0 Å². The Bertz CT molecular complexity index is 692. The van der Waals surface area contributed by atoms with E-state index >= 15 is 0 Å². The molecule has 1 N–H and O–H groups in total. The number of hydrogen-bond donors (Lipinski definition) is 1. The molecule has 0 spiro atoms. The van der Waals surface area contributed by atoms with Crippen molar-refractivity contribution in [2.75, 3.05) is 25.5 Å². The molecule has 0 radical (unpaired) electrons. The molecule has 0 saturated carbocycles. The molecule has 2 aromatic rings. The van der Waals surface area contributed by atoms with Crippen molar-refractivity contribution >= 4 is 17.5 Å². The lowest BCUT2D eigenvalue weighted by molar-refractivity contribution is -0.130. The summed E-state index contributed by atoms with van der Waals surface area (Å²) in [4.78, 5) is 22.7. The molecule has 7 nitrogen and oxygen atoms in total. The van der Waals surface area contributed by atoms with Crippen LogP contribution in [0.2, 0.25) is 0 Å². The fourth-order valence-corrected chi connectivity index (χ4v) is 3.05. The van der Waals surface area contributed by atoms with E-state index in [1.165, 1.54) is 0 Å². The summed E-state index contributed by atoms with van der Waals surface area (Å²) in [5.41, 5.74) is 2.04. The Labute approximate surface area is 149 Å². The highest BCUT2D eigenvalue weighted by molar-refractivity contribution is 5.76. The minimum absolute atomic E-state index is 0.277. The number of carbonyl (C=O) groups is 1. The molecule has 0 aromatic carbocycles. The third kappa shape index (κ3) is 4.90. The summed E-state index contributed by atoms with van der Waals surface area (Å²) in [6, 6.07) is 0. The molecule has 0 unspecified atom stereocenters. The average Bonchev–Trinajstić information content (AvgIpc) is 3.01. The van der Waals surface area contributed by atoms with Crippen LogP contribution in [0.25, 0.3) is 5.65 Å². The molecule has 0 atom stereocenters. The van der Waals surface area contributed by atoms with Gasteiger partial charge in [-0.3, -0.25) is 4.79 Å². The number of rotatable bonds is 10. The Kier molecular flexibility index (Phi) is 7.16. The molecule has 1 amide bonds. The second kappa shape index (κ2) is 9.34. The maximum atomic E-state index is 12.0. The van der Waals surface area contributed by atoms with Gasteiger partial charge in [0.05, 0.1) is 6.20 Å². The number of hydrogen-bond acceptors (Lipinski definition) is 5. The lowest BCUT2D eigenvalue weighted by Crippen LogP contribution is -2.30. The summed E-state index contributed by atoms with van der Waals surface area (Å²) in [6.45, 7) is 7.56. The fraction of sp³-hybridized carbons (Fsp3) is 0.667. The molecule has 0 saturated heterocycles. The lowest BCUT2D eigenvalue weighted by atomic mass is 10.1. The van der Waals surface area contributed by atoms with Crippen LogP contribution >= 0.6 is 0 Å². The van der Waals surface area contributed by atoms with Gasteiger partial charge in [0.15, 0.2) is 5.65 Å². The van der Waals surface area contributed by atoms with Crippen LogP contribution in [0.3, 0.4) is 0 Å². The molecule has 0 aliphatic carbocycles. The van der Waals surface area contributed by atoms with E-state index in [0.717, 1.165) is 62.2 Å². The summed E-state index contributed by atoms with van der Waals surface area (Å²) in [5.74, 6) is 1.73. The SMILES string of the molecule is CCN(CC)C(=O)CCCCCCc1cnn2c(NC)nc(C)nc12. The van der Waals surface area contributed by atoms with Gasteiger partial charge in [-0.05, 0) is 40.0 Å². The maximum absolute atomic E-state index is 12.0. The molecule has 0 aliphatic heterocycles. The molecule has 2 rings (SSSR count). The minimum Gasteiger partial charge on any atom is -0.357 e. The Morgan fingerprint density at radius 1 is 1.16 bits per heavy atom. The van der Waals surface area contributed by atoms with E-state index in [0.29, 0.717) is 12.4 Å². The molecule has 2 heterocycles. The third-order valence-corrected chi connectivity index (χ3v) is 4.48. The second-order valence-corrected chi connectivity index (χ2v) is 6.23. The Balaban J connectivity index is 1.78. The van der Waals surface area contributed by atoms with Gasteiger partial charge in [0.2, 0.25) is 11.9 Å². The Morgan fingerprint density at radius 2 is 1.88 bits per heavy atom. The number of anilines is 1. The minimum atomic E-state index is 0.277. The van der Waals surface area contributed by atoms with Crippen LogP contribution in [0.4, 0.5) is 5.95 Å². The zero-order valence-corrected chi connectivity index (χ0v) is 15.9. The van der Waals surface area contributed by atoms with Gasteiger partial charge >= 0.3 is 0 Å². The maximum Gasteiger partial charge on any atom is 0.227 e. The van der Waals surface area contributed by atoms with Gasteiger partial charge in [-0.25, -0.2) is 4.98 Å². The number of carbonyl (C=O) groups excluding carboxylic acids is 1. The van der Waals surface area contributed by atoms with Crippen molar-refractivity contribution in [2.45, 2.75) is 59.3 Å². The largest absolute Gasteiger partial charge is 0.357 e. The molecular weight excluding hydrogens is 316 g/mol. The van der Waals surface area contributed by atoms with Crippen LogP contribution in [0.1, 0.15) is 57.3 Å². The number of unbranched alkanes of at least 4 members (excludes halogenated alkanes) is 3. The number of nitrogens with zero attached hydrogens (tertiary/aromatic N) is 5. The van der Waals surface area contributed by atoms with Gasteiger partial charge in [0.1, 0.15) is 5.82 Å². The fourth-order valence-electron chi connectivity index (χ4n) is 3.05. The summed E-state index contributed by atoms with van der Waals surface area (Å²) in [6.07, 6.45) is 7.75. The first-order chi connectivity index (χ1) is 12.1. The monoisotopic (exact) mass is 346 g/mol. The van der Waals surface area contributed by atoms with Crippen molar-refractivity contribution < 1.29 is 4.79 Å². The molecule has 138 valence electrons. The van der Waals surface area contributed by atoms with Crippen molar-refractivity contribution in [1.29, 1.82) is 0 Å². The highest BCUT2D eigenvalue weighted by Gasteiger charge is 2.11. The number of fused-ring (bicyclic) bond motifs is 1. The highest BCUT2D eigenvalue weighted by atomic mass is 16.2. The molecule has 2 aromatic heterocycles. The van der Waals surface area contributed by atoms with Crippen molar-refractivity contribution in [3.05, 3.63) is 17.6 Å². The van der Waals surface area contributed by atoms with Crippen LogP contribution in [0.15, 0.2) is 6.20 Å². The van der Waals surface area contributed by atoms with Crippen LogP contribution < -0.4 is 5.32 Å². The summed E-state index contributed by atoms with van der Waals surface area (Å²) >= 11 is 0. The van der Waals surface area contributed by atoms with Crippen LogP contribution in [-0.2, 0) is 11.2 Å². The van der Waals surface area contributed by atoms with E-state index in [2.05, 4.69) is 20.4 Å². The van der Waals surface area contributed by atoms with Crippen LogP contribution in [-0.4, -0.2) is 50.5 Å². The number of aryl methyl sites for hydroxylation is 2. The number of amides is 1. The van der Waals surface area contributed by atoms with Crippen molar-refractivity contribution in [2.24, 2.45) is 0 Å². The van der Waals surface area contributed by atoms with Crippen molar-refractivity contribution in [1.82, 2.24) is 24.5 Å². The zero-order chi connectivity index (χ0) is 18.2. The van der Waals surface area contributed by atoms with Gasteiger partial charge in [-0.1, -0.05) is 12.8 Å². The van der Waals surface area contributed by atoms with E-state index < -0.39 is 0 Å². The van der Waals surface area contributed by atoms with Crippen molar-refractivity contribution in [3.63, 3.8) is 0 Å².